The van der Waals surface area contributed by atoms with Gasteiger partial charge < -0.3 is 15.4 Å². The Hall–Kier alpha value is -2.33. The number of rotatable bonds is 7. The van der Waals surface area contributed by atoms with E-state index in [1.165, 1.54) is 11.1 Å². The topological polar surface area (TPSA) is 50.4 Å². The van der Waals surface area contributed by atoms with Gasteiger partial charge in [-0.15, -0.1) is 0 Å². The van der Waals surface area contributed by atoms with Crippen LogP contribution in [-0.4, -0.2) is 25.6 Å². The molecule has 0 saturated heterocycles. The maximum absolute atomic E-state index is 12.2. The van der Waals surface area contributed by atoms with Gasteiger partial charge in [0.1, 0.15) is 5.75 Å². The number of hydrogen-bond acceptors (Lipinski definition) is 3. The molecule has 3 rings (SSSR count). The summed E-state index contributed by atoms with van der Waals surface area (Å²) in [6, 6.07) is 16.6. The Balaban J connectivity index is 1.46. The van der Waals surface area contributed by atoms with Crippen molar-refractivity contribution in [2.24, 2.45) is 0 Å². The summed E-state index contributed by atoms with van der Waals surface area (Å²) >= 11 is 0. The minimum Gasteiger partial charge on any atom is -0.494 e. The van der Waals surface area contributed by atoms with Crippen molar-refractivity contribution >= 4 is 5.91 Å². The highest BCUT2D eigenvalue weighted by Gasteiger charge is 2.19. The number of ether oxygens (including phenoxy) is 1. The van der Waals surface area contributed by atoms with Crippen molar-refractivity contribution in [1.82, 2.24) is 10.6 Å². The van der Waals surface area contributed by atoms with Crippen molar-refractivity contribution in [2.45, 2.75) is 32.2 Å². The number of aryl methyl sites for hydroxylation is 1. The van der Waals surface area contributed by atoms with Crippen LogP contribution in [0.3, 0.4) is 0 Å². The van der Waals surface area contributed by atoms with Crippen LogP contribution < -0.4 is 15.4 Å². The lowest BCUT2D eigenvalue weighted by atomic mass is 9.94. The van der Waals surface area contributed by atoms with Crippen molar-refractivity contribution in [3.8, 4) is 5.75 Å². The number of nitrogens with one attached hydrogen (secondary N) is 2. The van der Waals surface area contributed by atoms with Crippen molar-refractivity contribution in [2.75, 3.05) is 19.7 Å². The maximum Gasteiger partial charge on any atom is 0.220 e. The Morgan fingerprint density at radius 1 is 1.20 bits per heavy atom. The summed E-state index contributed by atoms with van der Waals surface area (Å²) in [5.74, 6) is 0.969. The van der Waals surface area contributed by atoms with Crippen LogP contribution >= 0.6 is 0 Å². The fourth-order valence-electron chi connectivity index (χ4n) is 3.26. The number of hydrogen-bond donors (Lipinski definition) is 2. The van der Waals surface area contributed by atoms with E-state index in [2.05, 4.69) is 34.9 Å². The molecular formula is C21H26N2O2. The molecule has 0 saturated carbocycles. The zero-order valence-corrected chi connectivity index (χ0v) is 14.8. The van der Waals surface area contributed by atoms with Crippen LogP contribution in [0.15, 0.2) is 48.5 Å². The van der Waals surface area contributed by atoms with E-state index in [0.29, 0.717) is 19.6 Å². The highest BCUT2D eigenvalue weighted by atomic mass is 16.5. The summed E-state index contributed by atoms with van der Waals surface area (Å²) in [6.45, 7) is 4.24. The first-order valence-electron chi connectivity index (χ1n) is 9.06. The second kappa shape index (κ2) is 8.67. The van der Waals surface area contributed by atoms with Gasteiger partial charge in [-0.2, -0.15) is 0 Å². The van der Waals surface area contributed by atoms with Crippen LogP contribution in [0.5, 0.6) is 5.75 Å². The molecule has 2 N–H and O–H groups in total. The van der Waals surface area contributed by atoms with Gasteiger partial charge >= 0.3 is 0 Å². The van der Waals surface area contributed by atoms with Gasteiger partial charge in [-0.1, -0.05) is 36.4 Å². The predicted molar refractivity (Wildman–Crippen MR) is 99.8 cm³/mol. The molecule has 1 aliphatic heterocycles. The summed E-state index contributed by atoms with van der Waals surface area (Å²) < 4.78 is 5.43. The number of carbonyl (C=O) groups excluding carboxylic acids is 1. The quantitative estimate of drug-likeness (QED) is 0.816. The molecule has 132 valence electrons. The van der Waals surface area contributed by atoms with E-state index in [1.54, 1.807) is 0 Å². The van der Waals surface area contributed by atoms with Gasteiger partial charge in [-0.25, -0.2) is 0 Å². The maximum atomic E-state index is 12.2. The second-order valence-corrected chi connectivity index (χ2v) is 6.34. The molecular weight excluding hydrogens is 312 g/mol. The minimum atomic E-state index is 0.0961. The lowest BCUT2D eigenvalue weighted by molar-refractivity contribution is -0.121. The van der Waals surface area contributed by atoms with Gasteiger partial charge in [0, 0.05) is 19.0 Å². The summed E-state index contributed by atoms with van der Waals surface area (Å²) in [5.41, 5.74) is 3.84. The first-order valence-corrected chi connectivity index (χ1v) is 9.06. The standard InChI is InChI=1S/C21H26N2O2/c1-2-25-18-10-7-16(8-11-18)9-12-21(24)23-15-20-19-6-4-3-5-17(19)13-14-22-20/h3-8,10-11,20,22H,2,9,12-15H2,1H3,(H,23,24). The van der Waals surface area contributed by atoms with E-state index in [0.717, 1.165) is 30.7 Å². The molecule has 0 aliphatic carbocycles. The molecule has 1 aliphatic rings. The average molecular weight is 338 g/mol. The largest absolute Gasteiger partial charge is 0.494 e. The highest BCUT2D eigenvalue weighted by Crippen LogP contribution is 2.21. The predicted octanol–water partition coefficient (Wildman–Crippen LogP) is 3.02. The third kappa shape index (κ3) is 4.83. The van der Waals surface area contributed by atoms with Gasteiger partial charge in [-0.3, -0.25) is 4.79 Å². The van der Waals surface area contributed by atoms with Crippen molar-refractivity contribution in [1.29, 1.82) is 0 Å². The number of fused-ring (bicyclic) bond motifs is 1. The van der Waals surface area contributed by atoms with E-state index >= 15 is 0 Å². The smallest absolute Gasteiger partial charge is 0.220 e. The first kappa shape index (κ1) is 17.5. The molecule has 0 bridgehead atoms. The van der Waals surface area contributed by atoms with E-state index in [4.69, 9.17) is 4.74 Å². The SMILES string of the molecule is CCOc1ccc(CCC(=O)NCC2NCCc3ccccc32)cc1. The van der Waals surface area contributed by atoms with Crippen LogP contribution in [0.4, 0.5) is 0 Å². The molecule has 1 amide bonds. The summed E-state index contributed by atoms with van der Waals surface area (Å²) in [6.07, 6.45) is 2.30. The molecule has 0 fully saturated rings. The first-order chi connectivity index (χ1) is 12.3. The van der Waals surface area contributed by atoms with E-state index in [9.17, 15) is 4.79 Å². The Morgan fingerprint density at radius 3 is 2.80 bits per heavy atom. The molecule has 2 aromatic carbocycles. The molecule has 2 aromatic rings. The number of carbonyl (C=O) groups is 1. The Morgan fingerprint density at radius 2 is 2.00 bits per heavy atom. The fourth-order valence-corrected chi connectivity index (χ4v) is 3.26. The highest BCUT2D eigenvalue weighted by molar-refractivity contribution is 5.76. The van der Waals surface area contributed by atoms with Gasteiger partial charge in [-0.05, 0) is 55.1 Å². The van der Waals surface area contributed by atoms with Crippen LogP contribution in [-0.2, 0) is 17.6 Å². The zero-order chi connectivity index (χ0) is 17.5. The molecule has 0 spiro atoms. The summed E-state index contributed by atoms with van der Waals surface area (Å²) in [7, 11) is 0. The molecule has 1 heterocycles. The van der Waals surface area contributed by atoms with Gasteiger partial charge in [0.2, 0.25) is 5.91 Å². The van der Waals surface area contributed by atoms with Crippen LogP contribution in [0.2, 0.25) is 0 Å². The monoisotopic (exact) mass is 338 g/mol. The van der Waals surface area contributed by atoms with Crippen molar-refractivity contribution in [3.63, 3.8) is 0 Å². The average Bonchev–Trinajstić information content (AvgIpc) is 2.66. The Labute approximate surface area is 149 Å². The van der Waals surface area contributed by atoms with Gasteiger partial charge in [0.05, 0.1) is 6.61 Å². The fraction of sp³-hybridized carbons (Fsp3) is 0.381. The second-order valence-electron chi connectivity index (χ2n) is 6.34. The molecule has 0 radical (unpaired) electrons. The van der Waals surface area contributed by atoms with Crippen molar-refractivity contribution < 1.29 is 9.53 Å². The third-order valence-electron chi connectivity index (χ3n) is 4.59. The lowest BCUT2D eigenvalue weighted by Gasteiger charge is -2.27. The molecule has 4 heteroatoms. The van der Waals surface area contributed by atoms with Crippen LogP contribution in [0.1, 0.15) is 36.1 Å². The molecule has 25 heavy (non-hydrogen) atoms. The normalized spacial score (nSPS) is 16.1. The summed E-state index contributed by atoms with van der Waals surface area (Å²) in [4.78, 5) is 12.2. The third-order valence-corrected chi connectivity index (χ3v) is 4.59. The molecule has 1 unspecified atom stereocenters. The molecule has 0 aromatic heterocycles. The molecule has 1 atom stereocenters. The lowest BCUT2D eigenvalue weighted by Crippen LogP contribution is -2.38. The summed E-state index contributed by atoms with van der Waals surface area (Å²) in [5, 5.41) is 6.56. The Bertz CT molecular complexity index is 697. The van der Waals surface area contributed by atoms with E-state index < -0.39 is 0 Å². The number of benzene rings is 2. The van der Waals surface area contributed by atoms with Crippen LogP contribution in [0, 0.1) is 0 Å². The Kier molecular flexibility index (Phi) is 6.07. The van der Waals surface area contributed by atoms with Gasteiger partial charge in [0.25, 0.3) is 0 Å². The van der Waals surface area contributed by atoms with Gasteiger partial charge in [0.15, 0.2) is 0 Å². The van der Waals surface area contributed by atoms with Crippen molar-refractivity contribution in [3.05, 3.63) is 65.2 Å². The number of amides is 1. The van der Waals surface area contributed by atoms with E-state index in [1.807, 2.05) is 31.2 Å². The zero-order valence-electron chi connectivity index (χ0n) is 14.8. The van der Waals surface area contributed by atoms with E-state index in [-0.39, 0.29) is 11.9 Å². The van der Waals surface area contributed by atoms with Crippen LogP contribution in [0.25, 0.3) is 0 Å². The minimum absolute atomic E-state index is 0.0961. The molecule has 4 nitrogen and oxygen atoms in total.